The zero-order valence-corrected chi connectivity index (χ0v) is 7.33. The number of carboxylic acids is 2. The average Bonchev–Trinajstić information content (AvgIpc) is 2.53. The summed E-state index contributed by atoms with van der Waals surface area (Å²) in [6.45, 7) is 1.73. The molecular weight excluding hydrogens is 190 g/mol. The second kappa shape index (κ2) is 6.61. The van der Waals surface area contributed by atoms with Crippen molar-refractivity contribution in [2.24, 2.45) is 10.8 Å². The minimum Gasteiger partial charge on any atom is -0.478 e. The lowest BCUT2D eigenvalue weighted by Gasteiger charge is -1.99. The smallest absolute Gasteiger partial charge is 0.328 e. The van der Waals surface area contributed by atoms with Crippen LogP contribution in [0.2, 0.25) is 0 Å². The predicted octanol–water partition coefficient (Wildman–Crippen LogP) is -1.08. The molecule has 0 aromatic rings. The van der Waals surface area contributed by atoms with Gasteiger partial charge in [-0.3, -0.25) is 10.0 Å². The molecule has 0 atom stereocenters. The molecule has 14 heavy (non-hydrogen) atoms. The van der Waals surface area contributed by atoms with Gasteiger partial charge in [0.25, 0.3) is 0 Å². The molecule has 0 amide bonds. The number of carboxylic acid groups (broad SMARTS) is 2. The van der Waals surface area contributed by atoms with Gasteiger partial charge in [-0.05, 0) is 0 Å². The number of nitrogens with zero attached hydrogens (tertiary/aromatic N) is 2. The highest BCUT2D eigenvalue weighted by atomic mass is 16.4. The van der Waals surface area contributed by atoms with Crippen LogP contribution >= 0.6 is 0 Å². The Labute approximate surface area is 80.1 Å². The molecule has 1 aliphatic heterocycles. The van der Waals surface area contributed by atoms with Crippen molar-refractivity contribution in [1.82, 2.24) is 5.01 Å². The third-order valence-electron chi connectivity index (χ3n) is 1.09. The number of aliphatic imine (C=N–C) groups is 1. The highest BCUT2D eigenvalue weighted by Crippen LogP contribution is 1.81. The number of hydrogen-bond acceptors (Lipinski definition) is 5. The molecule has 0 bridgehead atoms. The SMILES string of the molecule is NN1C=NCC1.O=C(O)/C=C/C(=O)O. The minimum atomic E-state index is -1.26. The molecule has 0 radical (unpaired) electrons. The molecular formula is C7H11N3O4. The second-order valence-electron chi connectivity index (χ2n) is 2.27. The van der Waals surface area contributed by atoms with Crippen LogP contribution in [0.5, 0.6) is 0 Å². The topological polar surface area (TPSA) is 116 Å². The van der Waals surface area contributed by atoms with E-state index in [-0.39, 0.29) is 0 Å². The third kappa shape index (κ3) is 8.21. The van der Waals surface area contributed by atoms with Gasteiger partial charge in [0.1, 0.15) is 0 Å². The molecule has 0 aromatic heterocycles. The summed E-state index contributed by atoms with van der Waals surface area (Å²) in [5, 5.41) is 17.2. The number of hydrazine groups is 1. The van der Waals surface area contributed by atoms with Crippen molar-refractivity contribution in [1.29, 1.82) is 0 Å². The molecule has 1 heterocycles. The van der Waals surface area contributed by atoms with E-state index in [9.17, 15) is 9.59 Å². The van der Waals surface area contributed by atoms with E-state index < -0.39 is 11.9 Å². The number of hydrogen-bond donors (Lipinski definition) is 3. The molecule has 0 spiro atoms. The maximum absolute atomic E-state index is 9.55. The average molecular weight is 201 g/mol. The highest BCUT2D eigenvalue weighted by Gasteiger charge is 1.94. The zero-order chi connectivity index (χ0) is 11.0. The van der Waals surface area contributed by atoms with Crippen molar-refractivity contribution < 1.29 is 19.8 Å². The normalized spacial score (nSPS) is 13.9. The molecule has 78 valence electrons. The Morgan fingerprint density at radius 2 is 1.86 bits per heavy atom. The molecule has 7 nitrogen and oxygen atoms in total. The van der Waals surface area contributed by atoms with Gasteiger partial charge in [0.2, 0.25) is 0 Å². The third-order valence-corrected chi connectivity index (χ3v) is 1.09. The summed E-state index contributed by atoms with van der Waals surface area (Å²) < 4.78 is 0. The van der Waals surface area contributed by atoms with E-state index >= 15 is 0 Å². The standard InChI is InChI=1S/C4H4O4.C3H7N3/c5-3(6)1-2-4(7)8;4-6-2-1-5-3-6/h1-2H,(H,5,6)(H,7,8);3H,1-2,4H2/b2-1+;. The number of nitrogens with two attached hydrogens (primary N) is 1. The first-order chi connectivity index (χ1) is 6.52. The van der Waals surface area contributed by atoms with Gasteiger partial charge in [0.05, 0.1) is 19.4 Å². The predicted molar refractivity (Wildman–Crippen MR) is 48.7 cm³/mol. The van der Waals surface area contributed by atoms with E-state index in [1.54, 1.807) is 11.3 Å². The summed E-state index contributed by atoms with van der Waals surface area (Å²) in [7, 11) is 0. The molecule has 1 aliphatic rings. The quantitative estimate of drug-likeness (QED) is 0.386. The first-order valence-corrected chi connectivity index (χ1v) is 3.67. The molecule has 0 aliphatic carbocycles. The Bertz CT molecular complexity index is 246. The lowest BCUT2D eigenvalue weighted by Crippen LogP contribution is -2.26. The molecule has 0 aromatic carbocycles. The van der Waals surface area contributed by atoms with Gasteiger partial charge in [0, 0.05) is 12.2 Å². The fourth-order valence-corrected chi connectivity index (χ4v) is 0.536. The van der Waals surface area contributed by atoms with Crippen LogP contribution in [0.3, 0.4) is 0 Å². The van der Waals surface area contributed by atoms with E-state index in [0.717, 1.165) is 13.1 Å². The van der Waals surface area contributed by atoms with Crippen LogP contribution in [-0.2, 0) is 9.59 Å². The van der Waals surface area contributed by atoms with Crippen molar-refractivity contribution >= 4 is 18.3 Å². The molecule has 1 rings (SSSR count). The van der Waals surface area contributed by atoms with E-state index in [0.29, 0.717) is 12.2 Å². The summed E-state index contributed by atoms with van der Waals surface area (Å²) >= 11 is 0. The Hall–Kier alpha value is -1.89. The molecule has 4 N–H and O–H groups in total. The Kier molecular flexibility index (Phi) is 5.72. The Morgan fingerprint density at radius 3 is 2.00 bits per heavy atom. The summed E-state index contributed by atoms with van der Waals surface area (Å²) in [5.74, 6) is 2.70. The van der Waals surface area contributed by atoms with Crippen LogP contribution in [0.25, 0.3) is 0 Å². The van der Waals surface area contributed by atoms with Crippen LogP contribution in [0.15, 0.2) is 17.1 Å². The first kappa shape index (κ1) is 12.1. The maximum atomic E-state index is 9.55. The van der Waals surface area contributed by atoms with Crippen molar-refractivity contribution in [2.45, 2.75) is 0 Å². The van der Waals surface area contributed by atoms with Crippen LogP contribution < -0.4 is 5.84 Å². The largest absolute Gasteiger partial charge is 0.478 e. The molecule has 0 saturated heterocycles. The summed E-state index contributed by atoms with van der Waals surface area (Å²) in [4.78, 5) is 22.9. The minimum absolute atomic E-state index is 0.558. The Morgan fingerprint density at radius 1 is 1.36 bits per heavy atom. The second-order valence-corrected chi connectivity index (χ2v) is 2.27. The highest BCUT2D eigenvalue weighted by molar-refractivity contribution is 5.89. The van der Waals surface area contributed by atoms with Gasteiger partial charge in [-0.1, -0.05) is 0 Å². The monoisotopic (exact) mass is 201 g/mol. The van der Waals surface area contributed by atoms with Crippen LogP contribution in [0, 0.1) is 0 Å². The summed E-state index contributed by atoms with van der Waals surface area (Å²) in [5.41, 5.74) is 0. The number of aliphatic carboxylic acids is 2. The molecule has 0 unspecified atom stereocenters. The van der Waals surface area contributed by atoms with Crippen LogP contribution in [-0.4, -0.2) is 46.6 Å². The Balaban J connectivity index is 0.000000249. The summed E-state index contributed by atoms with van der Waals surface area (Å²) in [6, 6.07) is 0. The lowest BCUT2D eigenvalue weighted by atomic mass is 10.5. The molecule has 0 saturated carbocycles. The van der Waals surface area contributed by atoms with Crippen molar-refractivity contribution in [3.8, 4) is 0 Å². The molecule has 0 fully saturated rings. The van der Waals surface area contributed by atoms with Crippen LogP contribution in [0.1, 0.15) is 0 Å². The van der Waals surface area contributed by atoms with Crippen molar-refractivity contribution in [3.05, 3.63) is 12.2 Å². The van der Waals surface area contributed by atoms with E-state index in [2.05, 4.69) is 4.99 Å². The fourth-order valence-electron chi connectivity index (χ4n) is 0.536. The van der Waals surface area contributed by atoms with Crippen molar-refractivity contribution in [2.75, 3.05) is 13.1 Å². The van der Waals surface area contributed by atoms with E-state index in [1.807, 2.05) is 0 Å². The maximum Gasteiger partial charge on any atom is 0.328 e. The first-order valence-electron chi connectivity index (χ1n) is 3.67. The number of rotatable bonds is 2. The summed E-state index contributed by atoms with van der Waals surface area (Å²) in [6.07, 6.45) is 2.75. The number of carbonyl (C=O) groups is 2. The van der Waals surface area contributed by atoms with Crippen molar-refractivity contribution in [3.63, 3.8) is 0 Å². The lowest BCUT2D eigenvalue weighted by molar-refractivity contribution is -0.134. The van der Waals surface area contributed by atoms with E-state index in [4.69, 9.17) is 16.1 Å². The van der Waals surface area contributed by atoms with Gasteiger partial charge in [-0.15, -0.1) is 0 Å². The van der Waals surface area contributed by atoms with Gasteiger partial charge in [-0.25, -0.2) is 15.4 Å². The fraction of sp³-hybridized carbons (Fsp3) is 0.286. The van der Waals surface area contributed by atoms with Gasteiger partial charge in [0.15, 0.2) is 0 Å². The van der Waals surface area contributed by atoms with Crippen LogP contribution in [0.4, 0.5) is 0 Å². The van der Waals surface area contributed by atoms with Gasteiger partial charge in [-0.2, -0.15) is 0 Å². The van der Waals surface area contributed by atoms with Gasteiger partial charge >= 0.3 is 11.9 Å². The van der Waals surface area contributed by atoms with Gasteiger partial charge < -0.3 is 10.2 Å². The van der Waals surface area contributed by atoms with E-state index in [1.165, 1.54) is 0 Å². The molecule has 7 heteroatoms. The zero-order valence-electron chi connectivity index (χ0n) is 7.33.